The zero-order valence-electron chi connectivity index (χ0n) is 21.8. The summed E-state index contributed by atoms with van der Waals surface area (Å²) < 4.78 is 0. The monoisotopic (exact) mass is 530 g/mol. The van der Waals surface area contributed by atoms with E-state index < -0.39 is 58.0 Å². The number of aryl methyl sites for hydroxylation is 1. The summed E-state index contributed by atoms with van der Waals surface area (Å²) in [5, 5.41) is 44.6. The second-order valence-corrected chi connectivity index (χ2v) is 10.7. The number of benzene rings is 2. The third kappa shape index (κ3) is 3.88. The molecule has 5 rings (SSSR count). The number of aliphatic hydroxyl groups is 3. The largest absolute Gasteiger partial charge is 0.510 e. The number of aromatic hydroxyl groups is 1. The van der Waals surface area contributed by atoms with Crippen LogP contribution in [-0.2, 0) is 16.0 Å². The van der Waals surface area contributed by atoms with Crippen molar-refractivity contribution in [2.45, 2.75) is 31.4 Å². The lowest BCUT2D eigenvalue weighted by Crippen LogP contribution is -2.63. The Bertz CT molecular complexity index is 1520. The quantitative estimate of drug-likeness (QED) is 0.298. The minimum absolute atomic E-state index is 0.0122. The van der Waals surface area contributed by atoms with E-state index in [4.69, 9.17) is 5.73 Å². The molecule has 0 spiro atoms. The normalized spacial score (nSPS) is 26.6. The molecule has 0 heterocycles. The van der Waals surface area contributed by atoms with Crippen LogP contribution >= 0.6 is 0 Å². The van der Waals surface area contributed by atoms with E-state index in [1.807, 2.05) is 43.3 Å². The van der Waals surface area contributed by atoms with Gasteiger partial charge in [0, 0.05) is 11.5 Å². The van der Waals surface area contributed by atoms with Crippen molar-refractivity contribution >= 4 is 29.6 Å². The molecule has 2 aromatic rings. The molecule has 4 atom stereocenters. The van der Waals surface area contributed by atoms with Gasteiger partial charge in [-0.1, -0.05) is 48.0 Å². The number of Topliss-reactive ketones (excluding diaryl/α,β-unsaturated/α-hetero) is 2. The van der Waals surface area contributed by atoms with Gasteiger partial charge in [-0.25, -0.2) is 0 Å². The molecule has 3 aliphatic rings. The number of hydrogen-bond acceptors (Lipinski definition) is 8. The lowest BCUT2D eigenvalue weighted by atomic mass is 9.58. The number of carbonyl (C=O) groups excluding carboxylic acids is 3. The second kappa shape index (κ2) is 9.21. The van der Waals surface area contributed by atoms with Gasteiger partial charge in [-0.15, -0.1) is 0 Å². The number of carbonyl (C=O) groups is 3. The predicted molar refractivity (Wildman–Crippen MR) is 144 cm³/mol. The summed E-state index contributed by atoms with van der Waals surface area (Å²) in [6, 6.07) is 9.97. The van der Waals surface area contributed by atoms with Crippen LogP contribution in [0.4, 0.5) is 0 Å². The van der Waals surface area contributed by atoms with E-state index in [2.05, 4.69) is 0 Å². The number of primary amides is 1. The van der Waals surface area contributed by atoms with Gasteiger partial charge in [0.25, 0.3) is 5.91 Å². The molecule has 0 unspecified atom stereocenters. The van der Waals surface area contributed by atoms with Gasteiger partial charge in [0.1, 0.15) is 22.8 Å². The van der Waals surface area contributed by atoms with Crippen molar-refractivity contribution < 1.29 is 34.8 Å². The Kier molecular flexibility index (Phi) is 6.24. The molecule has 2 aromatic carbocycles. The molecule has 0 aromatic heterocycles. The summed E-state index contributed by atoms with van der Waals surface area (Å²) in [7, 11) is 3.19. The number of amides is 1. The highest BCUT2D eigenvalue weighted by Crippen LogP contribution is 2.52. The maximum atomic E-state index is 13.8. The number of nitrogens with zero attached hydrogens (tertiary/aromatic N) is 1. The Morgan fingerprint density at radius 1 is 1.05 bits per heavy atom. The number of rotatable bonds is 4. The van der Waals surface area contributed by atoms with Gasteiger partial charge in [-0.05, 0) is 62.5 Å². The first-order valence-electron chi connectivity index (χ1n) is 12.6. The molecule has 0 saturated heterocycles. The molecule has 0 bridgehead atoms. The first kappa shape index (κ1) is 26.4. The summed E-state index contributed by atoms with van der Waals surface area (Å²) in [5.74, 6) is -6.64. The first-order valence-corrected chi connectivity index (χ1v) is 12.6. The van der Waals surface area contributed by atoms with Crippen LogP contribution in [0.15, 0.2) is 59.1 Å². The number of fused-ring (bicyclic) bond motifs is 3. The molecule has 9 heteroatoms. The molecule has 39 heavy (non-hydrogen) atoms. The standard InChI is InChI=1S/C30H30N2O7/c1-14-4-6-15(7-5-14)8-9-16-10-11-20(33)22-18(16)12-17-13-19-24(32(2)3)26(35)23(29(31)38)28(37)30(19,39)27(36)21(17)25(22)34/h4-11,17,19,24,33,35-36,39H,12-13H2,1-3H3,(H2,31,38)/b9-8+/t17-,19-,24-,30-/m1/s1. The Morgan fingerprint density at radius 2 is 1.72 bits per heavy atom. The minimum atomic E-state index is -2.65. The van der Waals surface area contributed by atoms with Gasteiger partial charge in [0.05, 0.1) is 11.6 Å². The fourth-order valence-electron chi connectivity index (χ4n) is 6.29. The molecule has 0 saturated carbocycles. The van der Waals surface area contributed by atoms with Gasteiger partial charge < -0.3 is 26.2 Å². The number of hydrogen-bond donors (Lipinski definition) is 5. The van der Waals surface area contributed by atoms with Crippen LogP contribution in [0.2, 0.25) is 0 Å². The van der Waals surface area contributed by atoms with Crippen molar-refractivity contribution in [2.24, 2.45) is 17.6 Å². The molecule has 9 nitrogen and oxygen atoms in total. The Labute approximate surface area is 225 Å². The number of allylic oxidation sites excluding steroid dienone is 1. The van der Waals surface area contributed by atoms with Crippen LogP contribution in [0, 0.1) is 18.8 Å². The number of nitrogens with two attached hydrogens (primary N) is 1. The maximum Gasteiger partial charge on any atom is 0.255 e. The molecule has 6 N–H and O–H groups in total. The SMILES string of the molecule is Cc1ccc(/C=C/c2ccc(O)c3c2C[C@@H]2C[C@@H]4[C@@H](N(C)C)C(O)=C(C(N)=O)C(=O)[C@]4(O)C(O)=C2C3=O)cc1. The summed E-state index contributed by atoms with van der Waals surface area (Å²) in [6.07, 6.45) is 4.03. The van der Waals surface area contributed by atoms with Crippen LogP contribution < -0.4 is 5.73 Å². The fourth-order valence-corrected chi connectivity index (χ4v) is 6.29. The first-order chi connectivity index (χ1) is 18.4. The number of aliphatic hydroxyl groups excluding tert-OH is 2. The van der Waals surface area contributed by atoms with Crippen LogP contribution in [0.25, 0.3) is 12.2 Å². The minimum Gasteiger partial charge on any atom is -0.510 e. The van der Waals surface area contributed by atoms with Crippen LogP contribution in [0.5, 0.6) is 5.75 Å². The molecule has 202 valence electrons. The van der Waals surface area contributed by atoms with E-state index >= 15 is 0 Å². The molecule has 1 amide bonds. The average Bonchev–Trinajstić information content (AvgIpc) is 2.86. The van der Waals surface area contributed by atoms with Crippen LogP contribution in [-0.4, -0.2) is 68.5 Å². The van der Waals surface area contributed by atoms with Gasteiger partial charge in [-0.2, -0.15) is 0 Å². The third-order valence-corrected chi connectivity index (χ3v) is 8.17. The van der Waals surface area contributed by atoms with Crippen LogP contribution in [0.1, 0.15) is 39.0 Å². The fraction of sp³-hybridized carbons (Fsp3) is 0.300. The van der Waals surface area contributed by atoms with E-state index in [1.54, 1.807) is 20.2 Å². The Balaban J connectivity index is 1.65. The smallest absolute Gasteiger partial charge is 0.255 e. The van der Waals surface area contributed by atoms with Gasteiger partial charge in [-0.3, -0.25) is 19.3 Å². The number of likely N-dealkylation sites (N-methyl/N-ethyl adjacent to an activating group) is 1. The van der Waals surface area contributed by atoms with E-state index in [9.17, 15) is 34.8 Å². The Morgan fingerprint density at radius 3 is 2.33 bits per heavy atom. The number of phenolic OH excluding ortho intramolecular Hbond substituents is 1. The Hall–Kier alpha value is -4.21. The highest BCUT2D eigenvalue weighted by Gasteiger charge is 2.63. The molecule has 3 aliphatic carbocycles. The lowest BCUT2D eigenvalue weighted by Gasteiger charge is -2.50. The van der Waals surface area contributed by atoms with Gasteiger partial charge in [0.15, 0.2) is 11.4 Å². The van der Waals surface area contributed by atoms with Gasteiger partial charge >= 0.3 is 0 Å². The highest BCUT2D eigenvalue weighted by molar-refractivity contribution is 6.24. The molecule has 0 aliphatic heterocycles. The molecular weight excluding hydrogens is 500 g/mol. The number of phenols is 1. The van der Waals surface area contributed by atoms with Crippen molar-refractivity contribution in [3.05, 3.63) is 86.9 Å². The van der Waals surface area contributed by atoms with E-state index in [0.717, 1.165) is 11.1 Å². The topological polar surface area (TPSA) is 161 Å². The molecular formula is C30H30N2O7. The molecule has 0 radical (unpaired) electrons. The van der Waals surface area contributed by atoms with Crippen molar-refractivity contribution in [2.75, 3.05) is 14.1 Å². The van der Waals surface area contributed by atoms with Crippen molar-refractivity contribution in [3.63, 3.8) is 0 Å². The summed E-state index contributed by atoms with van der Waals surface area (Å²) in [4.78, 5) is 40.7. The lowest BCUT2D eigenvalue weighted by molar-refractivity contribution is -0.148. The van der Waals surface area contributed by atoms with E-state index in [-0.39, 0.29) is 29.7 Å². The van der Waals surface area contributed by atoms with Crippen molar-refractivity contribution in [1.29, 1.82) is 0 Å². The second-order valence-electron chi connectivity index (χ2n) is 10.7. The molecule has 0 fully saturated rings. The van der Waals surface area contributed by atoms with Crippen molar-refractivity contribution in [3.8, 4) is 5.75 Å². The van der Waals surface area contributed by atoms with Gasteiger partial charge in [0.2, 0.25) is 5.78 Å². The summed E-state index contributed by atoms with van der Waals surface area (Å²) in [6.45, 7) is 1.99. The van der Waals surface area contributed by atoms with E-state index in [1.165, 1.54) is 11.0 Å². The van der Waals surface area contributed by atoms with Crippen LogP contribution in [0.3, 0.4) is 0 Å². The zero-order chi connectivity index (χ0) is 28.4. The average molecular weight is 531 g/mol. The third-order valence-electron chi connectivity index (χ3n) is 8.17. The zero-order valence-corrected chi connectivity index (χ0v) is 21.8. The maximum absolute atomic E-state index is 13.8. The van der Waals surface area contributed by atoms with Crippen molar-refractivity contribution in [1.82, 2.24) is 4.90 Å². The summed E-state index contributed by atoms with van der Waals surface area (Å²) >= 11 is 0. The summed E-state index contributed by atoms with van der Waals surface area (Å²) in [5.41, 5.74) is 5.06. The predicted octanol–water partition coefficient (Wildman–Crippen LogP) is 2.60. The number of ketones is 2. The highest BCUT2D eigenvalue weighted by atomic mass is 16.3. The van der Waals surface area contributed by atoms with E-state index in [0.29, 0.717) is 11.1 Å².